The molecule has 0 aromatic heterocycles. The van der Waals surface area contributed by atoms with Crippen LogP contribution in [0.1, 0.15) is 33.0 Å². The van der Waals surface area contributed by atoms with Crippen LogP contribution in [0.5, 0.6) is 17.2 Å². The van der Waals surface area contributed by atoms with Gasteiger partial charge in [0, 0.05) is 16.7 Å². The minimum atomic E-state index is -0.495. The number of nitriles is 1. The summed E-state index contributed by atoms with van der Waals surface area (Å²) in [6.45, 7) is 0.361. The molecule has 200 valence electrons. The number of esters is 1. The van der Waals surface area contributed by atoms with Crippen molar-refractivity contribution in [2.75, 3.05) is 0 Å². The number of ether oxygens (including phenoxy) is 3. The van der Waals surface area contributed by atoms with E-state index in [0.29, 0.717) is 34.4 Å². The summed E-state index contributed by atoms with van der Waals surface area (Å²) in [5, 5.41) is 12.4. The number of nitrogens with zero attached hydrogens (tertiary/aromatic N) is 1. The second kappa shape index (κ2) is 11.1. The lowest BCUT2D eigenvalue weighted by molar-refractivity contribution is 0.0736. The third-order valence-corrected chi connectivity index (χ3v) is 7.17. The van der Waals surface area contributed by atoms with Gasteiger partial charge in [0.15, 0.2) is 0 Å². The summed E-state index contributed by atoms with van der Waals surface area (Å²) in [7, 11) is 0. The molecule has 0 radical (unpaired) electrons. The Balaban J connectivity index is 1.28. The minimum Gasteiger partial charge on any atom is -0.489 e. The largest absolute Gasteiger partial charge is 0.489 e. The van der Waals surface area contributed by atoms with E-state index in [0.717, 1.165) is 27.5 Å². The molecule has 6 rings (SSSR count). The standard InChI is InChI=1S/C34H23ClN2O4/c35-24-13-11-21(12-14-24)20-39-25-8-3-7-23(17-25)32-29-16-15-26(18-31(29)41-33(37)30(32)19-36)40-34(38)28-10-4-6-22-5-1-2-9-27(22)28/h1-18,32H,20,37H2. The van der Waals surface area contributed by atoms with Gasteiger partial charge >= 0.3 is 5.97 Å². The van der Waals surface area contributed by atoms with Gasteiger partial charge in [-0.3, -0.25) is 0 Å². The highest BCUT2D eigenvalue weighted by Crippen LogP contribution is 2.44. The third-order valence-electron chi connectivity index (χ3n) is 6.92. The maximum atomic E-state index is 13.1. The van der Waals surface area contributed by atoms with Crippen molar-refractivity contribution in [1.29, 1.82) is 5.26 Å². The van der Waals surface area contributed by atoms with E-state index in [2.05, 4.69) is 6.07 Å². The van der Waals surface area contributed by atoms with Crippen LogP contribution in [0.25, 0.3) is 10.8 Å². The molecule has 5 aromatic rings. The number of benzene rings is 5. The molecule has 41 heavy (non-hydrogen) atoms. The second-order valence-corrected chi connectivity index (χ2v) is 9.96. The van der Waals surface area contributed by atoms with Crippen LogP contribution in [-0.4, -0.2) is 5.97 Å². The fraction of sp³-hybridized carbons (Fsp3) is 0.0588. The molecule has 1 aliphatic rings. The summed E-state index contributed by atoms with van der Waals surface area (Å²) in [5.74, 6) is 0.361. The Morgan fingerprint density at radius 2 is 1.68 bits per heavy atom. The van der Waals surface area contributed by atoms with Gasteiger partial charge in [0.05, 0.1) is 11.5 Å². The van der Waals surface area contributed by atoms with Crippen molar-refractivity contribution in [2.24, 2.45) is 5.73 Å². The lowest BCUT2D eigenvalue weighted by atomic mass is 9.83. The van der Waals surface area contributed by atoms with Gasteiger partial charge < -0.3 is 19.9 Å². The van der Waals surface area contributed by atoms with E-state index >= 15 is 0 Å². The van der Waals surface area contributed by atoms with Crippen LogP contribution in [-0.2, 0) is 6.61 Å². The SMILES string of the molecule is N#CC1=C(N)Oc2cc(OC(=O)c3cccc4ccccc34)ccc2C1c1cccc(OCc2ccc(Cl)cc2)c1. The first-order valence-corrected chi connectivity index (χ1v) is 13.3. The highest BCUT2D eigenvalue weighted by molar-refractivity contribution is 6.30. The van der Waals surface area contributed by atoms with Crippen molar-refractivity contribution >= 4 is 28.3 Å². The zero-order valence-electron chi connectivity index (χ0n) is 21.7. The van der Waals surface area contributed by atoms with Gasteiger partial charge in [0.1, 0.15) is 35.5 Å². The van der Waals surface area contributed by atoms with Crippen molar-refractivity contribution in [2.45, 2.75) is 12.5 Å². The molecule has 1 atom stereocenters. The Kier molecular flexibility index (Phi) is 7.03. The van der Waals surface area contributed by atoms with Crippen molar-refractivity contribution in [3.05, 3.63) is 148 Å². The molecule has 0 saturated heterocycles. The molecular formula is C34H23ClN2O4. The summed E-state index contributed by atoms with van der Waals surface area (Å²) in [5.41, 5.74) is 9.45. The highest BCUT2D eigenvalue weighted by atomic mass is 35.5. The van der Waals surface area contributed by atoms with Crippen molar-refractivity contribution in [3.8, 4) is 23.3 Å². The highest BCUT2D eigenvalue weighted by Gasteiger charge is 2.31. The summed E-state index contributed by atoms with van der Waals surface area (Å²) in [6.07, 6.45) is 0. The maximum absolute atomic E-state index is 13.1. The van der Waals surface area contributed by atoms with Gasteiger partial charge in [-0.15, -0.1) is 0 Å². The molecule has 0 amide bonds. The fourth-order valence-corrected chi connectivity index (χ4v) is 5.06. The predicted molar refractivity (Wildman–Crippen MR) is 157 cm³/mol. The zero-order chi connectivity index (χ0) is 28.3. The van der Waals surface area contributed by atoms with E-state index < -0.39 is 11.9 Å². The summed E-state index contributed by atoms with van der Waals surface area (Å²) in [6, 6.07) is 35.4. The number of rotatable bonds is 6. The Hall–Kier alpha value is -5.25. The number of hydrogen-bond donors (Lipinski definition) is 1. The summed E-state index contributed by atoms with van der Waals surface area (Å²) in [4.78, 5) is 13.1. The first-order chi connectivity index (χ1) is 20.0. The third kappa shape index (κ3) is 5.31. The average molecular weight is 559 g/mol. The molecule has 0 bridgehead atoms. The van der Waals surface area contributed by atoms with E-state index in [1.54, 1.807) is 24.3 Å². The van der Waals surface area contributed by atoms with Gasteiger partial charge in [-0.2, -0.15) is 5.26 Å². The molecule has 0 aliphatic carbocycles. The summed E-state index contributed by atoms with van der Waals surface area (Å²) >= 11 is 5.98. The van der Waals surface area contributed by atoms with E-state index in [-0.39, 0.29) is 11.5 Å². The normalized spacial score (nSPS) is 14.1. The maximum Gasteiger partial charge on any atom is 0.344 e. The molecular weight excluding hydrogens is 536 g/mol. The number of carbonyl (C=O) groups is 1. The van der Waals surface area contributed by atoms with Gasteiger partial charge in [-0.1, -0.05) is 78.3 Å². The van der Waals surface area contributed by atoms with E-state index in [1.807, 2.05) is 84.9 Å². The molecule has 0 spiro atoms. The molecule has 1 aliphatic heterocycles. The number of halogens is 1. The van der Waals surface area contributed by atoms with Gasteiger partial charge in [0.2, 0.25) is 5.88 Å². The molecule has 6 nitrogen and oxygen atoms in total. The lowest BCUT2D eigenvalue weighted by Gasteiger charge is -2.27. The fourth-order valence-electron chi connectivity index (χ4n) is 4.94. The van der Waals surface area contributed by atoms with Crippen molar-refractivity contribution < 1.29 is 19.0 Å². The lowest BCUT2D eigenvalue weighted by Crippen LogP contribution is -2.21. The average Bonchev–Trinajstić information content (AvgIpc) is 3.00. The number of hydrogen-bond acceptors (Lipinski definition) is 6. The van der Waals surface area contributed by atoms with E-state index in [9.17, 15) is 10.1 Å². The van der Waals surface area contributed by atoms with Gasteiger partial charge in [0.25, 0.3) is 0 Å². The van der Waals surface area contributed by atoms with Crippen LogP contribution in [0.3, 0.4) is 0 Å². The Labute approximate surface area is 241 Å². The van der Waals surface area contributed by atoms with Crippen LogP contribution < -0.4 is 19.9 Å². The molecule has 0 saturated carbocycles. The van der Waals surface area contributed by atoms with E-state index in [1.165, 1.54) is 0 Å². The number of fused-ring (bicyclic) bond motifs is 2. The van der Waals surface area contributed by atoms with Crippen LogP contribution >= 0.6 is 11.6 Å². The number of allylic oxidation sites excluding steroid dienone is 1. The quantitative estimate of drug-likeness (QED) is 0.171. The zero-order valence-corrected chi connectivity index (χ0v) is 22.5. The monoisotopic (exact) mass is 558 g/mol. The molecule has 5 aromatic carbocycles. The molecule has 1 heterocycles. The molecule has 0 fully saturated rings. The summed E-state index contributed by atoms with van der Waals surface area (Å²) < 4.78 is 17.6. The predicted octanol–water partition coefficient (Wildman–Crippen LogP) is 7.51. The topological polar surface area (TPSA) is 94.6 Å². The molecule has 2 N–H and O–H groups in total. The van der Waals surface area contributed by atoms with Crippen LogP contribution in [0.4, 0.5) is 0 Å². The van der Waals surface area contributed by atoms with Crippen molar-refractivity contribution in [1.82, 2.24) is 0 Å². The van der Waals surface area contributed by atoms with Gasteiger partial charge in [-0.25, -0.2) is 4.79 Å². The molecule has 1 unspecified atom stereocenters. The number of carbonyl (C=O) groups excluding carboxylic acids is 1. The van der Waals surface area contributed by atoms with Crippen LogP contribution in [0.2, 0.25) is 5.02 Å². The van der Waals surface area contributed by atoms with Crippen LogP contribution in [0, 0.1) is 11.3 Å². The molecule has 7 heteroatoms. The van der Waals surface area contributed by atoms with Crippen molar-refractivity contribution in [3.63, 3.8) is 0 Å². The van der Waals surface area contributed by atoms with Crippen LogP contribution in [0.15, 0.2) is 121 Å². The smallest absolute Gasteiger partial charge is 0.344 e. The minimum absolute atomic E-state index is 0.00462. The Morgan fingerprint density at radius 1 is 0.902 bits per heavy atom. The van der Waals surface area contributed by atoms with Gasteiger partial charge in [-0.05, 0) is 58.3 Å². The first kappa shape index (κ1) is 26.0. The Morgan fingerprint density at radius 3 is 2.51 bits per heavy atom. The first-order valence-electron chi connectivity index (χ1n) is 12.9. The second-order valence-electron chi connectivity index (χ2n) is 9.53. The number of nitrogens with two attached hydrogens (primary N) is 1. The Bertz CT molecular complexity index is 1850. The van der Waals surface area contributed by atoms with E-state index in [4.69, 9.17) is 31.5 Å².